The lowest BCUT2D eigenvalue weighted by Gasteiger charge is -2.16. The maximum atomic E-state index is 13.3. The highest BCUT2D eigenvalue weighted by Gasteiger charge is 2.20. The molecule has 31 heavy (non-hydrogen) atoms. The molecule has 0 atom stereocenters. The van der Waals surface area contributed by atoms with E-state index in [2.05, 4.69) is 10.4 Å². The van der Waals surface area contributed by atoms with Crippen LogP contribution in [0.3, 0.4) is 0 Å². The molecular weight excluding hydrogens is 418 g/mol. The molecule has 0 spiro atoms. The van der Waals surface area contributed by atoms with Crippen molar-refractivity contribution in [3.8, 4) is 22.9 Å². The molecule has 0 unspecified atom stereocenters. The lowest BCUT2D eigenvalue weighted by atomic mass is 10.1. The van der Waals surface area contributed by atoms with Crippen molar-refractivity contribution < 1.29 is 14.3 Å². The minimum absolute atomic E-state index is 0.207. The highest BCUT2D eigenvalue weighted by Crippen LogP contribution is 2.31. The van der Waals surface area contributed by atoms with Crippen LogP contribution in [-0.4, -0.2) is 29.8 Å². The Kier molecular flexibility index (Phi) is 5.60. The summed E-state index contributed by atoms with van der Waals surface area (Å²) in [5.41, 5.74) is 3.53. The molecule has 1 aromatic heterocycles. The van der Waals surface area contributed by atoms with Crippen molar-refractivity contribution in [3.05, 3.63) is 87.7 Å². The maximum Gasteiger partial charge on any atom is 0.280 e. The molecule has 1 amide bonds. The van der Waals surface area contributed by atoms with Gasteiger partial charge in [-0.25, -0.2) is 4.98 Å². The SMILES string of the molecule is COc1cccc(C(=O)Nn2c(-c3cccc(Cl)c3)nc3ccccc3c2=O)c1OC. The summed E-state index contributed by atoms with van der Waals surface area (Å²) in [7, 11) is 2.92. The number of hydrogen-bond acceptors (Lipinski definition) is 5. The second kappa shape index (κ2) is 8.49. The number of methoxy groups -OCH3 is 2. The number of aromatic nitrogens is 2. The predicted molar refractivity (Wildman–Crippen MR) is 120 cm³/mol. The Bertz CT molecular complexity index is 1350. The molecule has 0 bridgehead atoms. The largest absolute Gasteiger partial charge is 0.493 e. The highest BCUT2D eigenvalue weighted by atomic mass is 35.5. The molecule has 1 N–H and O–H groups in total. The molecule has 0 radical (unpaired) electrons. The fourth-order valence-corrected chi connectivity index (χ4v) is 3.48. The molecule has 0 saturated heterocycles. The molecule has 7 nitrogen and oxygen atoms in total. The number of nitrogens with one attached hydrogen (secondary N) is 1. The molecule has 0 saturated carbocycles. The van der Waals surface area contributed by atoms with Gasteiger partial charge in [0.25, 0.3) is 11.5 Å². The molecule has 0 aliphatic rings. The van der Waals surface area contributed by atoms with Gasteiger partial charge in [0.1, 0.15) is 0 Å². The molecule has 0 aliphatic carbocycles. The minimum Gasteiger partial charge on any atom is -0.493 e. The van der Waals surface area contributed by atoms with Gasteiger partial charge < -0.3 is 9.47 Å². The molecule has 1 heterocycles. The first-order chi connectivity index (χ1) is 15.0. The minimum atomic E-state index is -0.557. The Labute approximate surface area is 182 Å². The van der Waals surface area contributed by atoms with Crippen LogP contribution in [0.25, 0.3) is 22.3 Å². The monoisotopic (exact) mass is 435 g/mol. The number of para-hydroxylation sites is 2. The molecular formula is C23H18ClN3O4. The van der Waals surface area contributed by atoms with E-state index in [9.17, 15) is 9.59 Å². The van der Waals surface area contributed by atoms with Gasteiger partial charge in [0, 0.05) is 10.6 Å². The van der Waals surface area contributed by atoms with E-state index in [1.807, 2.05) is 0 Å². The number of carbonyl (C=O) groups is 1. The first kappa shape index (κ1) is 20.4. The third kappa shape index (κ3) is 3.83. The van der Waals surface area contributed by atoms with Crippen LogP contribution in [0.15, 0.2) is 71.5 Å². The topological polar surface area (TPSA) is 82.5 Å². The Morgan fingerprint density at radius 2 is 1.77 bits per heavy atom. The second-order valence-corrected chi connectivity index (χ2v) is 7.02. The number of ether oxygens (including phenoxy) is 2. The smallest absolute Gasteiger partial charge is 0.280 e. The van der Waals surface area contributed by atoms with E-state index in [1.165, 1.54) is 14.2 Å². The number of hydrogen-bond donors (Lipinski definition) is 1. The highest BCUT2D eigenvalue weighted by molar-refractivity contribution is 6.30. The van der Waals surface area contributed by atoms with E-state index >= 15 is 0 Å². The number of amides is 1. The zero-order valence-electron chi connectivity index (χ0n) is 16.8. The summed E-state index contributed by atoms with van der Waals surface area (Å²) in [4.78, 5) is 31.0. The van der Waals surface area contributed by atoms with E-state index in [-0.39, 0.29) is 17.1 Å². The average Bonchev–Trinajstić information content (AvgIpc) is 2.80. The van der Waals surface area contributed by atoms with Crippen molar-refractivity contribution in [2.45, 2.75) is 0 Å². The fourth-order valence-electron chi connectivity index (χ4n) is 3.29. The van der Waals surface area contributed by atoms with Gasteiger partial charge in [-0.1, -0.05) is 41.9 Å². The molecule has 156 valence electrons. The van der Waals surface area contributed by atoms with Crippen LogP contribution >= 0.6 is 11.6 Å². The van der Waals surface area contributed by atoms with Gasteiger partial charge in [-0.15, -0.1) is 0 Å². The maximum absolute atomic E-state index is 13.3. The quantitative estimate of drug-likeness (QED) is 0.510. The molecule has 0 fully saturated rings. The van der Waals surface area contributed by atoms with Crippen molar-refractivity contribution in [3.63, 3.8) is 0 Å². The first-order valence-corrected chi connectivity index (χ1v) is 9.71. The van der Waals surface area contributed by atoms with Gasteiger partial charge in [0.2, 0.25) is 0 Å². The number of rotatable bonds is 5. The van der Waals surface area contributed by atoms with Crippen LogP contribution in [0.4, 0.5) is 0 Å². The number of carbonyl (C=O) groups excluding carboxylic acids is 1. The van der Waals surface area contributed by atoms with Gasteiger partial charge in [-0.05, 0) is 36.4 Å². The summed E-state index contributed by atoms with van der Waals surface area (Å²) in [5, 5.41) is 0.846. The lowest BCUT2D eigenvalue weighted by molar-refractivity contribution is 0.100. The van der Waals surface area contributed by atoms with E-state index in [0.29, 0.717) is 27.2 Å². The van der Waals surface area contributed by atoms with Gasteiger partial charge in [0.15, 0.2) is 17.3 Å². The zero-order chi connectivity index (χ0) is 22.0. The van der Waals surface area contributed by atoms with Gasteiger partial charge in [-0.3, -0.25) is 15.0 Å². The number of benzene rings is 3. The summed E-state index contributed by atoms with van der Waals surface area (Å²) < 4.78 is 11.7. The third-order valence-electron chi connectivity index (χ3n) is 4.72. The molecule has 3 aromatic carbocycles. The van der Waals surface area contributed by atoms with Crippen LogP contribution in [-0.2, 0) is 0 Å². The zero-order valence-corrected chi connectivity index (χ0v) is 17.5. The fraction of sp³-hybridized carbons (Fsp3) is 0.0870. The Morgan fingerprint density at radius 1 is 1.00 bits per heavy atom. The van der Waals surface area contributed by atoms with Gasteiger partial charge >= 0.3 is 0 Å². The average molecular weight is 436 g/mol. The molecule has 8 heteroatoms. The Hall–Kier alpha value is -3.84. The Morgan fingerprint density at radius 3 is 2.52 bits per heavy atom. The van der Waals surface area contributed by atoms with Crippen LogP contribution in [0, 0.1) is 0 Å². The van der Waals surface area contributed by atoms with Crippen LogP contribution < -0.4 is 20.5 Å². The summed E-state index contributed by atoms with van der Waals surface area (Å²) in [5.74, 6) is 0.349. The predicted octanol–water partition coefficient (Wildman–Crippen LogP) is 4.12. The third-order valence-corrected chi connectivity index (χ3v) is 4.95. The van der Waals surface area contributed by atoms with Gasteiger partial charge in [0.05, 0.1) is 30.7 Å². The first-order valence-electron chi connectivity index (χ1n) is 9.33. The summed E-state index contributed by atoms with van der Waals surface area (Å²) >= 11 is 6.15. The molecule has 4 aromatic rings. The van der Waals surface area contributed by atoms with Crippen LogP contribution in [0.2, 0.25) is 5.02 Å². The Balaban J connectivity index is 1.89. The van der Waals surface area contributed by atoms with Crippen molar-refractivity contribution in [2.24, 2.45) is 0 Å². The van der Waals surface area contributed by atoms with Gasteiger partial charge in [-0.2, -0.15) is 4.68 Å². The summed E-state index contributed by atoms with van der Waals surface area (Å²) in [6.45, 7) is 0. The van der Waals surface area contributed by atoms with Crippen LogP contribution in [0.1, 0.15) is 10.4 Å². The van der Waals surface area contributed by atoms with Crippen molar-refractivity contribution >= 4 is 28.4 Å². The lowest BCUT2D eigenvalue weighted by Crippen LogP contribution is -2.35. The van der Waals surface area contributed by atoms with E-state index in [0.717, 1.165) is 4.68 Å². The van der Waals surface area contributed by atoms with Crippen molar-refractivity contribution in [1.82, 2.24) is 9.66 Å². The normalized spacial score (nSPS) is 10.7. The standard InChI is InChI=1S/C23H18ClN3O4/c1-30-19-12-6-10-17(20(19)31-2)22(28)26-27-21(14-7-5-8-15(24)13-14)25-18-11-4-3-9-16(18)23(27)29/h3-13H,1-2H3,(H,26,28). The summed E-state index contributed by atoms with van der Waals surface area (Å²) in [6.07, 6.45) is 0. The van der Waals surface area contributed by atoms with Crippen molar-refractivity contribution in [1.29, 1.82) is 0 Å². The van der Waals surface area contributed by atoms with E-state index < -0.39 is 11.5 Å². The van der Waals surface area contributed by atoms with Crippen LogP contribution in [0.5, 0.6) is 11.5 Å². The number of halogens is 1. The molecule has 0 aliphatic heterocycles. The van der Waals surface area contributed by atoms with E-state index in [4.69, 9.17) is 21.1 Å². The molecule has 4 rings (SSSR count). The second-order valence-electron chi connectivity index (χ2n) is 6.59. The number of fused-ring (bicyclic) bond motifs is 1. The summed E-state index contributed by atoms with van der Waals surface area (Å²) in [6, 6.07) is 18.7. The van der Waals surface area contributed by atoms with E-state index in [1.54, 1.807) is 66.7 Å². The van der Waals surface area contributed by atoms with Crippen molar-refractivity contribution in [2.75, 3.05) is 19.6 Å². The number of nitrogens with zero attached hydrogens (tertiary/aromatic N) is 2.